The topological polar surface area (TPSA) is 84.7 Å². The molecule has 0 fully saturated rings. The number of pyridine rings is 1. The van der Waals surface area contributed by atoms with Crippen LogP contribution in [0.2, 0.25) is 0 Å². The lowest BCUT2D eigenvalue weighted by molar-refractivity contribution is -0.116. The van der Waals surface area contributed by atoms with Crippen LogP contribution < -0.4 is 10.6 Å². The molecular weight excluding hydrogens is 315 g/mol. The molecule has 0 aliphatic heterocycles. The van der Waals surface area contributed by atoms with Crippen LogP contribution in [0.15, 0.2) is 31.0 Å². The van der Waals surface area contributed by atoms with Crippen LogP contribution in [0.3, 0.4) is 0 Å². The highest BCUT2D eigenvalue weighted by Gasteiger charge is 2.09. The van der Waals surface area contributed by atoms with Gasteiger partial charge in [0.2, 0.25) is 5.91 Å². The van der Waals surface area contributed by atoms with Crippen molar-refractivity contribution in [3.8, 4) is 5.82 Å². The van der Waals surface area contributed by atoms with E-state index in [0.717, 1.165) is 13.0 Å². The van der Waals surface area contributed by atoms with Crippen molar-refractivity contribution in [1.82, 2.24) is 25.1 Å². The van der Waals surface area contributed by atoms with E-state index in [9.17, 15) is 4.79 Å². The Hall–Kier alpha value is -1.70. The predicted octanol–water partition coefficient (Wildman–Crippen LogP) is 1.44. The largest absolute Gasteiger partial charge is 0.323 e. The number of hydrogen-bond acceptors (Lipinski definition) is 5. The fraction of sp³-hybridized carbons (Fsp3) is 0.333. The van der Waals surface area contributed by atoms with Gasteiger partial charge in [-0.2, -0.15) is 5.10 Å². The van der Waals surface area contributed by atoms with Gasteiger partial charge in [0.05, 0.1) is 5.69 Å². The third-order valence-electron chi connectivity index (χ3n) is 2.53. The van der Waals surface area contributed by atoms with E-state index in [0.29, 0.717) is 17.9 Å². The molecule has 0 aromatic carbocycles. The molecular formula is C12H18Cl2N6O. The highest BCUT2D eigenvalue weighted by atomic mass is 35.5. The van der Waals surface area contributed by atoms with Gasteiger partial charge in [0.15, 0.2) is 5.82 Å². The van der Waals surface area contributed by atoms with Crippen LogP contribution in [-0.4, -0.2) is 39.2 Å². The molecule has 2 heterocycles. The first-order valence-corrected chi connectivity index (χ1v) is 6.05. The van der Waals surface area contributed by atoms with Gasteiger partial charge in [0, 0.05) is 12.6 Å². The molecule has 21 heavy (non-hydrogen) atoms. The van der Waals surface area contributed by atoms with Crippen molar-refractivity contribution in [2.24, 2.45) is 0 Å². The molecule has 0 bridgehead atoms. The number of halogens is 2. The van der Waals surface area contributed by atoms with Crippen molar-refractivity contribution in [1.29, 1.82) is 0 Å². The van der Waals surface area contributed by atoms with Crippen LogP contribution >= 0.6 is 24.8 Å². The SMILES string of the molecule is CNCCCC(=O)Nc1cccnc1-n1cncn1.Cl.Cl. The number of carbonyl (C=O) groups excluding carboxylic acids is 1. The van der Waals surface area contributed by atoms with Gasteiger partial charge in [-0.05, 0) is 32.1 Å². The maximum atomic E-state index is 11.8. The molecule has 0 atom stereocenters. The molecule has 0 saturated carbocycles. The predicted molar refractivity (Wildman–Crippen MR) is 85.4 cm³/mol. The molecule has 9 heteroatoms. The van der Waals surface area contributed by atoms with E-state index in [2.05, 4.69) is 25.7 Å². The molecule has 2 aromatic rings. The van der Waals surface area contributed by atoms with Crippen molar-refractivity contribution < 1.29 is 4.79 Å². The Bertz CT molecular complexity index is 534. The molecule has 7 nitrogen and oxygen atoms in total. The minimum atomic E-state index is -0.0374. The Morgan fingerprint density at radius 1 is 1.38 bits per heavy atom. The molecule has 2 N–H and O–H groups in total. The van der Waals surface area contributed by atoms with Crippen molar-refractivity contribution in [2.45, 2.75) is 12.8 Å². The molecule has 1 amide bonds. The Labute approximate surface area is 135 Å². The third kappa shape index (κ3) is 5.66. The standard InChI is InChI=1S/C12H16N6O.2ClH/c1-13-6-3-5-11(19)17-10-4-2-7-15-12(10)18-9-14-8-16-18;;/h2,4,7-9,13H,3,5-6H2,1H3,(H,17,19);2*1H. The molecule has 0 unspecified atom stereocenters. The molecule has 0 radical (unpaired) electrons. The summed E-state index contributed by atoms with van der Waals surface area (Å²) in [7, 11) is 1.86. The van der Waals surface area contributed by atoms with E-state index < -0.39 is 0 Å². The zero-order valence-electron chi connectivity index (χ0n) is 11.5. The highest BCUT2D eigenvalue weighted by molar-refractivity contribution is 5.92. The Morgan fingerprint density at radius 3 is 2.86 bits per heavy atom. The fourth-order valence-electron chi connectivity index (χ4n) is 1.63. The second kappa shape index (κ2) is 10.1. The van der Waals surface area contributed by atoms with E-state index >= 15 is 0 Å². The van der Waals surface area contributed by atoms with Crippen LogP contribution in [0, 0.1) is 0 Å². The zero-order valence-corrected chi connectivity index (χ0v) is 13.2. The number of nitrogens with zero attached hydrogens (tertiary/aromatic N) is 4. The number of hydrogen-bond donors (Lipinski definition) is 2. The lowest BCUT2D eigenvalue weighted by Gasteiger charge is -2.09. The van der Waals surface area contributed by atoms with Crippen LogP contribution in [0.25, 0.3) is 5.82 Å². The van der Waals surface area contributed by atoms with Gasteiger partial charge in [0.1, 0.15) is 12.7 Å². The van der Waals surface area contributed by atoms with E-state index in [4.69, 9.17) is 0 Å². The maximum absolute atomic E-state index is 11.8. The summed E-state index contributed by atoms with van der Waals surface area (Å²) in [6.07, 6.45) is 5.87. The summed E-state index contributed by atoms with van der Waals surface area (Å²) < 4.78 is 1.52. The van der Waals surface area contributed by atoms with Crippen molar-refractivity contribution in [3.63, 3.8) is 0 Å². The molecule has 0 spiro atoms. The van der Waals surface area contributed by atoms with Crippen LogP contribution in [-0.2, 0) is 4.79 Å². The zero-order chi connectivity index (χ0) is 13.5. The summed E-state index contributed by atoms with van der Waals surface area (Å²) in [5.41, 5.74) is 0.627. The molecule has 0 aliphatic rings. The minimum Gasteiger partial charge on any atom is -0.323 e. The first-order valence-electron chi connectivity index (χ1n) is 6.05. The van der Waals surface area contributed by atoms with Gasteiger partial charge in [-0.25, -0.2) is 14.6 Å². The number of amides is 1. The van der Waals surface area contributed by atoms with Gasteiger partial charge in [-0.1, -0.05) is 0 Å². The third-order valence-corrected chi connectivity index (χ3v) is 2.53. The van der Waals surface area contributed by atoms with Crippen molar-refractivity contribution in [3.05, 3.63) is 31.0 Å². The Kier molecular flexibility index (Phi) is 9.27. The summed E-state index contributed by atoms with van der Waals surface area (Å²) in [4.78, 5) is 19.9. The summed E-state index contributed by atoms with van der Waals surface area (Å²) in [5, 5.41) is 9.86. The normalized spacial score (nSPS) is 9.38. The van der Waals surface area contributed by atoms with Gasteiger partial charge >= 0.3 is 0 Å². The van der Waals surface area contributed by atoms with E-state index in [1.54, 1.807) is 24.7 Å². The highest BCUT2D eigenvalue weighted by Crippen LogP contribution is 2.15. The summed E-state index contributed by atoms with van der Waals surface area (Å²) >= 11 is 0. The maximum Gasteiger partial charge on any atom is 0.224 e. The fourth-order valence-corrected chi connectivity index (χ4v) is 1.63. The second-order valence-corrected chi connectivity index (χ2v) is 3.97. The van der Waals surface area contributed by atoms with Gasteiger partial charge in [-0.15, -0.1) is 24.8 Å². The number of nitrogens with one attached hydrogen (secondary N) is 2. The number of carbonyl (C=O) groups is 1. The van der Waals surface area contributed by atoms with E-state index in [1.165, 1.54) is 11.0 Å². The molecule has 0 saturated heterocycles. The first kappa shape index (κ1) is 19.3. The summed E-state index contributed by atoms with van der Waals surface area (Å²) in [5.74, 6) is 0.520. The number of aromatic nitrogens is 4. The van der Waals surface area contributed by atoms with Crippen molar-refractivity contribution in [2.75, 3.05) is 18.9 Å². The van der Waals surface area contributed by atoms with Gasteiger partial charge < -0.3 is 10.6 Å². The van der Waals surface area contributed by atoms with Crippen LogP contribution in [0.4, 0.5) is 5.69 Å². The lowest BCUT2D eigenvalue weighted by Crippen LogP contribution is -2.16. The summed E-state index contributed by atoms with van der Waals surface area (Å²) in [6.45, 7) is 0.816. The monoisotopic (exact) mass is 332 g/mol. The average Bonchev–Trinajstić information content (AvgIpc) is 2.93. The smallest absolute Gasteiger partial charge is 0.224 e. The van der Waals surface area contributed by atoms with Crippen LogP contribution in [0.1, 0.15) is 12.8 Å². The minimum absolute atomic E-state index is 0. The van der Waals surface area contributed by atoms with Gasteiger partial charge in [0.25, 0.3) is 0 Å². The first-order chi connectivity index (χ1) is 9.31. The lowest BCUT2D eigenvalue weighted by atomic mass is 10.3. The summed E-state index contributed by atoms with van der Waals surface area (Å²) in [6, 6.07) is 3.56. The van der Waals surface area contributed by atoms with E-state index in [1.807, 2.05) is 7.05 Å². The quantitative estimate of drug-likeness (QED) is 0.782. The number of rotatable bonds is 6. The second-order valence-electron chi connectivity index (χ2n) is 3.97. The molecule has 2 rings (SSSR count). The molecule has 0 aliphatic carbocycles. The number of anilines is 1. The molecule has 116 valence electrons. The van der Waals surface area contributed by atoms with Crippen molar-refractivity contribution >= 4 is 36.4 Å². The van der Waals surface area contributed by atoms with Crippen LogP contribution in [0.5, 0.6) is 0 Å². The average molecular weight is 333 g/mol. The Morgan fingerprint density at radius 2 is 2.19 bits per heavy atom. The molecule has 2 aromatic heterocycles. The van der Waals surface area contributed by atoms with E-state index in [-0.39, 0.29) is 30.7 Å². The van der Waals surface area contributed by atoms with Gasteiger partial charge in [-0.3, -0.25) is 4.79 Å². The Balaban J connectivity index is 0.00000200.